The molecule has 2 heterocycles. The van der Waals surface area contributed by atoms with Crippen molar-refractivity contribution in [2.24, 2.45) is 11.7 Å². The predicted octanol–water partition coefficient (Wildman–Crippen LogP) is 2.78. The highest BCUT2D eigenvalue weighted by atomic mass is 35.5. The molecule has 0 atom stereocenters. The number of primary amides is 1. The second-order valence-electron chi connectivity index (χ2n) is 6.03. The number of rotatable bonds is 3. The van der Waals surface area contributed by atoms with E-state index in [2.05, 4.69) is 5.16 Å². The first kappa shape index (κ1) is 17.4. The van der Waals surface area contributed by atoms with Gasteiger partial charge in [-0.25, -0.2) is 4.39 Å². The van der Waals surface area contributed by atoms with Gasteiger partial charge in [0.1, 0.15) is 22.8 Å². The molecule has 132 valence electrons. The molecule has 25 heavy (non-hydrogen) atoms. The largest absolute Gasteiger partial charge is 0.369 e. The minimum atomic E-state index is -0.581. The molecule has 0 radical (unpaired) electrons. The van der Waals surface area contributed by atoms with E-state index in [1.54, 1.807) is 11.8 Å². The number of nitrogens with zero attached hydrogens (tertiary/aromatic N) is 2. The fourth-order valence-electron chi connectivity index (χ4n) is 3.04. The van der Waals surface area contributed by atoms with Crippen LogP contribution in [0.1, 0.15) is 29.0 Å². The zero-order valence-electron chi connectivity index (χ0n) is 13.6. The van der Waals surface area contributed by atoms with Gasteiger partial charge in [0, 0.05) is 19.0 Å². The third-order valence-corrected chi connectivity index (χ3v) is 4.78. The summed E-state index contributed by atoms with van der Waals surface area (Å²) in [5.74, 6) is -1.20. The minimum Gasteiger partial charge on any atom is -0.369 e. The molecule has 1 aromatic carbocycles. The second kappa shape index (κ2) is 6.84. The van der Waals surface area contributed by atoms with Crippen LogP contribution in [0, 0.1) is 18.7 Å². The van der Waals surface area contributed by atoms with Crippen LogP contribution in [0.4, 0.5) is 4.39 Å². The number of hydrogen-bond acceptors (Lipinski definition) is 4. The average Bonchev–Trinajstić information content (AvgIpc) is 2.95. The zero-order chi connectivity index (χ0) is 18.1. The van der Waals surface area contributed by atoms with Crippen LogP contribution in [0.3, 0.4) is 0 Å². The first-order valence-corrected chi connectivity index (χ1v) is 8.27. The van der Waals surface area contributed by atoms with Crippen molar-refractivity contribution in [1.82, 2.24) is 10.1 Å². The maximum absolute atomic E-state index is 14.2. The first-order chi connectivity index (χ1) is 11.9. The summed E-state index contributed by atoms with van der Waals surface area (Å²) in [6.45, 7) is 2.37. The van der Waals surface area contributed by atoms with Crippen LogP contribution < -0.4 is 5.73 Å². The molecule has 0 saturated carbocycles. The van der Waals surface area contributed by atoms with Crippen LogP contribution in [0.25, 0.3) is 11.3 Å². The summed E-state index contributed by atoms with van der Waals surface area (Å²) in [5.41, 5.74) is 5.63. The summed E-state index contributed by atoms with van der Waals surface area (Å²) in [7, 11) is 0. The molecule has 1 saturated heterocycles. The Balaban J connectivity index is 1.93. The highest BCUT2D eigenvalue weighted by molar-refractivity contribution is 6.33. The van der Waals surface area contributed by atoms with E-state index < -0.39 is 5.82 Å². The van der Waals surface area contributed by atoms with Crippen LogP contribution in [0.15, 0.2) is 22.7 Å². The van der Waals surface area contributed by atoms with Crippen LogP contribution in [-0.2, 0) is 4.79 Å². The molecule has 6 nitrogen and oxygen atoms in total. The van der Waals surface area contributed by atoms with Crippen molar-refractivity contribution in [1.29, 1.82) is 0 Å². The molecule has 0 bridgehead atoms. The van der Waals surface area contributed by atoms with E-state index >= 15 is 0 Å². The summed E-state index contributed by atoms with van der Waals surface area (Å²) >= 11 is 6.09. The molecule has 1 aromatic heterocycles. The topological polar surface area (TPSA) is 89.4 Å². The number of benzene rings is 1. The highest BCUT2D eigenvalue weighted by Crippen LogP contribution is 2.34. The molecule has 8 heteroatoms. The Labute approximate surface area is 148 Å². The first-order valence-electron chi connectivity index (χ1n) is 7.89. The van der Waals surface area contributed by atoms with Crippen LogP contribution in [0.2, 0.25) is 5.02 Å². The van der Waals surface area contributed by atoms with Gasteiger partial charge in [-0.1, -0.05) is 22.8 Å². The lowest BCUT2D eigenvalue weighted by Gasteiger charge is -2.30. The van der Waals surface area contributed by atoms with Crippen molar-refractivity contribution in [2.75, 3.05) is 13.1 Å². The number of amides is 2. The van der Waals surface area contributed by atoms with Gasteiger partial charge in [-0.15, -0.1) is 0 Å². The summed E-state index contributed by atoms with van der Waals surface area (Å²) in [6, 6.07) is 4.25. The monoisotopic (exact) mass is 365 g/mol. The van der Waals surface area contributed by atoms with E-state index in [1.807, 2.05) is 0 Å². The van der Waals surface area contributed by atoms with Crippen molar-refractivity contribution >= 4 is 23.4 Å². The number of nitrogens with two attached hydrogens (primary N) is 1. The van der Waals surface area contributed by atoms with E-state index in [1.165, 1.54) is 18.2 Å². The standard InChI is InChI=1S/C17H17ClFN3O3/c1-9-13(17(24)22-7-5-10(6-8-22)16(20)23)15(21-25-9)14-11(18)3-2-4-12(14)19/h2-4,10H,5-8H2,1H3,(H2,20,23). The van der Waals surface area contributed by atoms with Gasteiger partial charge >= 0.3 is 0 Å². The zero-order valence-corrected chi connectivity index (χ0v) is 14.3. The molecule has 1 aliphatic rings. The van der Waals surface area contributed by atoms with Gasteiger partial charge in [-0.2, -0.15) is 0 Å². The van der Waals surface area contributed by atoms with Gasteiger partial charge in [0.05, 0.1) is 10.6 Å². The summed E-state index contributed by atoms with van der Waals surface area (Å²) in [4.78, 5) is 25.8. The number of piperidine rings is 1. The smallest absolute Gasteiger partial charge is 0.259 e. The van der Waals surface area contributed by atoms with Crippen LogP contribution in [0.5, 0.6) is 0 Å². The third-order valence-electron chi connectivity index (χ3n) is 4.46. The van der Waals surface area contributed by atoms with Gasteiger partial charge in [0.25, 0.3) is 5.91 Å². The Bertz CT molecular complexity index is 808. The second-order valence-corrected chi connectivity index (χ2v) is 6.44. The number of halogens is 2. The van der Waals surface area contributed by atoms with Gasteiger partial charge in [0.2, 0.25) is 5.91 Å². The van der Waals surface area contributed by atoms with E-state index in [0.717, 1.165) is 0 Å². The Kier molecular flexibility index (Phi) is 4.76. The number of carbonyl (C=O) groups excluding carboxylic acids is 2. The van der Waals surface area contributed by atoms with Gasteiger partial charge in [0.15, 0.2) is 0 Å². The lowest BCUT2D eigenvalue weighted by Crippen LogP contribution is -2.42. The van der Waals surface area contributed by atoms with Crippen molar-refractivity contribution in [3.63, 3.8) is 0 Å². The quantitative estimate of drug-likeness (QED) is 0.905. The maximum Gasteiger partial charge on any atom is 0.259 e. The highest BCUT2D eigenvalue weighted by Gasteiger charge is 2.31. The number of carbonyl (C=O) groups is 2. The number of aromatic nitrogens is 1. The molecular weight excluding hydrogens is 349 g/mol. The molecule has 2 amide bonds. The van der Waals surface area contributed by atoms with Crippen molar-refractivity contribution < 1.29 is 18.5 Å². The molecule has 1 fully saturated rings. The fraction of sp³-hybridized carbons (Fsp3) is 0.353. The maximum atomic E-state index is 14.2. The van der Waals surface area contributed by atoms with E-state index in [0.29, 0.717) is 25.9 Å². The Morgan fingerprint density at radius 3 is 2.64 bits per heavy atom. The van der Waals surface area contributed by atoms with Crippen molar-refractivity contribution in [3.8, 4) is 11.3 Å². The average molecular weight is 366 g/mol. The van der Waals surface area contributed by atoms with Crippen LogP contribution >= 0.6 is 11.6 Å². The van der Waals surface area contributed by atoms with Crippen molar-refractivity contribution in [2.45, 2.75) is 19.8 Å². The number of likely N-dealkylation sites (tertiary alicyclic amines) is 1. The van der Waals surface area contributed by atoms with Gasteiger partial charge in [-0.3, -0.25) is 9.59 Å². The Morgan fingerprint density at radius 2 is 2.04 bits per heavy atom. The normalized spacial score (nSPS) is 15.4. The lowest BCUT2D eigenvalue weighted by molar-refractivity contribution is -0.123. The Hall–Kier alpha value is -2.41. The summed E-state index contributed by atoms with van der Waals surface area (Å²) < 4.78 is 19.4. The predicted molar refractivity (Wildman–Crippen MR) is 89.5 cm³/mol. The number of aryl methyl sites for hydroxylation is 1. The molecule has 3 rings (SSSR count). The van der Waals surface area contributed by atoms with Crippen LogP contribution in [-0.4, -0.2) is 35.0 Å². The fourth-order valence-corrected chi connectivity index (χ4v) is 3.30. The van der Waals surface area contributed by atoms with E-state index in [9.17, 15) is 14.0 Å². The van der Waals surface area contributed by atoms with E-state index in [-0.39, 0.29) is 45.3 Å². The summed E-state index contributed by atoms with van der Waals surface area (Å²) in [6.07, 6.45) is 1.00. The molecule has 0 aliphatic carbocycles. The summed E-state index contributed by atoms with van der Waals surface area (Å²) in [5, 5.41) is 3.99. The van der Waals surface area contributed by atoms with Gasteiger partial charge in [-0.05, 0) is 31.9 Å². The molecule has 0 unspecified atom stereocenters. The van der Waals surface area contributed by atoms with E-state index in [4.69, 9.17) is 21.9 Å². The third kappa shape index (κ3) is 3.24. The number of hydrogen-bond donors (Lipinski definition) is 1. The molecule has 0 spiro atoms. The van der Waals surface area contributed by atoms with Crippen molar-refractivity contribution in [3.05, 3.63) is 40.4 Å². The Morgan fingerprint density at radius 1 is 1.36 bits per heavy atom. The minimum absolute atomic E-state index is 0.0383. The molecule has 2 N–H and O–H groups in total. The SMILES string of the molecule is Cc1onc(-c2c(F)cccc2Cl)c1C(=O)N1CCC(C(N)=O)CC1. The lowest BCUT2D eigenvalue weighted by atomic mass is 9.95. The molecular formula is C17H17ClFN3O3. The molecule has 1 aliphatic heterocycles. The molecule has 2 aromatic rings. The van der Waals surface area contributed by atoms with Gasteiger partial charge < -0.3 is 15.2 Å².